The summed E-state index contributed by atoms with van der Waals surface area (Å²) >= 11 is 0. The summed E-state index contributed by atoms with van der Waals surface area (Å²) in [4.78, 5) is 6.98. The lowest BCUT2D eigenvalue weighted by Gasteiger charge is -2.33. The van der Waals surface area contributed by atoms with Gasteiger partial charge in [0, 0.05) is 44.7 Å². The number of aliphatic imine (C=N–C) groups is 1. The number of benzene rings is 1. The van der Waals surface area contributed by atoms with Crippen molar-refractivity contribution in [1.82, 2.24) is 15.5 Å². The van der Waals surface area contributed by atoms with Gasteiger partial charge >= 0.3 is 0 Å². The van der Waals surface area contributed by atoms with E-state index in [-0.39, 0.29) is 24.0 Å². The van der Waals surface area contributed by atoms with E-state index in [1.54, 1.807) is 0 Å². The number of piperidine rings is 1. The lowest BCUT2D eigenvalue weighted by Crippen LogP contribution is -2.49. The average Bonchev–Trinajstić information content (AvgIpc) is 3.47. The molecule has 0 bridgehead atoms. The van der Waals surface area contributed by atoms with Crippen LogP contribution in [-0.2, 0) is 4.74 Å². The van der Waals surface area contributed by atoms with Crippen molar-refractivity contribution in [3.05, 3.63) is 35.4 Å². The maximum absolute atomic E-state index is 5.68. The molecule has 0 radical (unpaired) electrons. The number of rotatable bonds is 8. The Kier molecular flexibility index (Phi) is 10.4. The molecule has 6 heteroatoms. The van der Waals surface area contributed by atoms with Crippen LogP contribution >= 0.6 is 24.0 Å². The maximum atomic E-state index is 5.68. The fourth-order valence-corrected chi connectivity index (χ4v) is 4.11. The van der Waals surface area contributed by atoms with E-state index < -0.39 is 0 Å². The van der Waals surface area contributed by atoms with E-state index >= 15 is 0 Å². The van der Waals surface area contributed by atoms with Gasteiger partial charge in [0.25, 0.3) is 0 Å². The lowest BCUT2D eigenvalue weighted by molar-refractivity contribution is 0.0532. The van der Waals surface area contributed by atoms with Gasteiger partial charge in [0.15, 0.2) is 5.96 Å². The Morgan fingerprint density at radius 1 is 1.10 bits per heavy atom. The molecule has 1 aliphatic carbocycles. The minimum atomic E-state index is 0. The van der Waals surface area contributed by atoms with Crippen LogP contribution in [-0.4, -0.2) is 62.3 Å². The van der Waals surface area contributed by atoms with Gasteiger partial charge in [-0.3, -0.25) is 4.99 Å². The van der Waals surface area contributed by atoms with Crippen molar-refractivity contribution < 1.29 is 4.74 Å². The molecule has 1 saturated heterocycles. The number of halogens is 1. The smallest absolute Gasteiger partial charge is 0.191 e. The number of ether oxygens (including phenoxy) is 1. The molecule has 1 heterocycles. The highest BCUT2D eigenvalue weighted by molar-refractivity contribution is 14.0. The first kappa shape index (κ1) is 25.4. The Morgan fingerprint density at radius 3 is 2.33 bits per heavy atom. The van der Waals surface area contributed by atoms with Crippen LogP contribution in [0, 0.1) is 0 Å². The molecule has 2 atom stereocenters. The van der Waals surface area contributed by atoms with Gasteiger partial charge < -0.3 is 20.3 Å². The lowest BCUT2D eigenvalue weighted by atomic mass is 10.0. The van der Waals surface area contributed by atoms with Gasteiger partial charge in [-0.15, -0.1) is 24.0 Å². The third-order valence-corrected chi connectivity index (χ3v) is 6.15. The molecule has 1 aromatic rings. The summed E-state index contributed by atoms with van der Waals surface area (Å²) in [5, 5.41) is 7.29. The molecule has 3 rings (SSSR count). The topological polar surface area (TPSA) is 48.9 Å². The van der Waals surface area contributed by atoms with E-state index in [4.69, 9.17) is 4.74 Å². The van der Waals surface area contributed by atoms with E-state index in [0.717, 1.165) is 45.0 Å². The monoisotopic (exact) mass is 528 g/mol. The predicted octanol–water partition coefficient (Wildman–Crippen LogP) is 4.34. The summed E-state index contributed by atoms with van der Waals surface area (Å²) in [5.41, 5.74) is 2.86. The largest absolute Gasteiger partial charge is 0.377 e. The van der Waals surface area contributed by atoms with Gasteiger partial charge in [-0.25, -0.2) is 0 Å². The van der Waals surface area contributed by atoms with Crippen molar-refractivity contribution >= 4 is 29.9 Å². The van der Waals surface area contributed by atoms with Gasteiger partial charge in [-0.2, -0.15) is 0 Å². The van der Waals surface area contributed by atoms with E-state index in [2.05, 4.69) is 72.5 Å². The van der Waals surface area contributed by atoms with Crippen molar-refractivity contribution in [3.63, 3.8) is 0 Å². The van der Waals surface area contributed by atoms with Crippen LogP contribution in [0.2, 0.25) is 0 Å². The Bertz CT molecular complexity index is 654. The second kappa shape index (κ2) is 12.2. The van der Waals surface area contributed by atoms with Gasteiger partial charge in [-0.1, -0.05) is 38.1 Å². The fraction of sp³-hybridized carbons (Fsp3) is 0.708. The van der Waals surface area contributed by atoms with E-state index in [1.807, 2.05) is 7.05 Å². The SMILES string of the molecule is CN=C(NC1CCN(CCOC(C)C)CC1)NC1CC1c1ccc(C(C)C)cc1.I. The van der Waals surface area contributed by atoms with Crippen LogP contribution in [0.25, 0.3) is 0 Å². The van der Waals surface area contributed by atoms with Crippen LogP contribution in [0.4, 0.5) is 0 Å². The first-order valence-corrected chi connectivity index (χ1v) is 11.4. The molecule has 5 nitrogen and oxygen atoms in total. The molecule has 170 valence electrons. The maximum Gasteiger partial charge on any atom is 0.191 e. The molecular formula is C24H41IN4O. The predicted molar refractivity (Wildman–Crippen MR) is 137 cm³/mol. The number of hydrogen-bond acceptors (Lipinski definition) is 3. The fourth-order valence-electron chi connectivity index (χ4n) is 4.11. The van der Waals surface area contributed by atoms with E-state index in [0.29, 0.717) is 30.0 Å². The highest BCUT2D eigenvalue weighted by Crippen LogP contribution is 2.41. The number of nitrogens with zero attached hydrogens (tertiary/aromatic N) is 2. The number of hydrogen-bond donors (Lipinski definition) is 2. The Balaban J connectivity index is 0.00000320. The molecule has 0 spiro atoms. The molecule has 2 unspecified atom stereocenters. The molecule has 0 aromatic heterocycles. The van der Waals surface area contributed by atoms with Crippen LogP contribution in [0.3, 0.4) is 0 Å². The molecule has 1 aromatic carbocycles. The highest BCUT2D eigenvalue weighted by atomic mass is 127. The molecule has 30 heavy (non-hydrogen) atoms. The molecular weight excluding hydrogens is 487 g/mol. The standard InChI is InChI=1S/C24H40N4O.HI/c1-17(2)19-6-8-20(9-7-19)22-16-23(22)27-24(25-5)26-21-10-12-28(13-11-21)14-15-29-18(3)4;/h6-9,17-18,21-23H,10-16H2,1-5H3,(H2,25,26,27);1H. The number of nitrogens with one attached hydrogen (secondary N) is 2. The Morgan fingerprint density at radius 2 is 1.77 bits per heavy atom. The first-order chi connectivity index (χ1) is 14.0. The summed E-state index contributed by atoms with van der Waals surface area (Å²) in [6, 6.07) is 10.2. The van der Waals surface area contributed by atoms with Gasteiger partial charge in [0.1, 0.15) is 0 Å². The van der Waals surface area contributed by atoms with Gasteiger partial charge in [0.05, 0.1) is 12.7 Å². The van der Waals surface area contributed by atoms with E-state index in [1.165, 1.54) is 17.5 Å². The minimum Gasteiger partial charge on any atom is -0.377 e. The Labute approximate surface area is 200 Å². The van der Waals surface area contributed by atoms with Crippen molar-refractivity contribution in [3.8, 4) is 0 Å². The van der Waals surface area contributed by atoms with Crippen molar-refractivity contribution in [1.29, 1.82) is 0 Å². The third-order valence-electron chi connectivity index (χ3n) is 6.15. The number of likely N-dealkylation sites (tertiary alicyclic amines) is 1. The van der Waals surface area contributed by atoms with E-state index in [9.17, 15) is 0 Å². The van der Waals surface area contributed by atoms with Crippen LogP contribution in [0.1, 0.15) is 69.9 Å². The van der Waals surface area contributed by atoms with Crippen LogP contribution < -0.4 is 10.6 Å². The number of guanidine groups is 1. The second-order valence-electron chi connectivity index (χ2n) is 9.17. The van der Waals surface area contributed by atoms with Crippen molar-refractivity contribution in [2.24, 2.45) is 4.99 Å². The molecule has 2 fully saturated rings. The zero-order chi connectivity index (χ0) is 20.8. The van der Waals surface area contributed by atoms with Gasteiger partial charge in [0.2, 0.25) is 0 Å². The summed E-state index contributed by atoms with van der Waals surface area (Å²) in [6.45, 7) is 12.8. The molecule has 1 saturated carbocycles. The average molecular weight is 529 g/mol. The molecule has 2 N–H and O–H groups in total. The minimum absolute atomic E-state index is 0. The van der Waals surface area contributed by atoms with Crippen LogP contribution in [0.5, 0.6) is 0 Å². The zero-order valence-corrected chi connectivity index (χ0v) is 21.7. The summed E-state index contributed by atoms with van der Waals surface area (Å²) < 4.78 is 5.68. The Hall–Kier alpha value is -0.860. The third kappa shape index (κ3) is 7.68. The van der Waals surface area contributed by atoms with Crippen molar-refractivity contribution in [2.45, 2.75) is 77.0 Å². The molecule has 0 amide bonds. The highest BCUT2D eigenvalue weighted by Gasteiger charge is 2.39. The van der Waals surface area contributed by atoms with Crippen molar-refractivity contribution in [2.75, 3.05) is 33.3 Å². The zero-order valence-electron chi connectivity index (χ0n) is 19.4. The normalized spacial score (nSPS) is 22.8. The second-order valence-corrected chi connectivity index (χ2v) is 9.17. The quantitative estimate of drug-likeness (QED) is 0.300. The van der Waals surface area contributed by atoms with Gasteiger partial charge in [-0.05, 0) is 50.2 Å². The van der Waals surface area contributed by atoms with Crippen LogP contribution in [0.15, 0.2) is 29.3 Å². The summed E-state index contributed by atoms with van der Waals surface area (Å²) in [6.07, 6.45) is 3.83. The summed E-state index contributed by atoms with van der Waals surface area (Å²) in [7, 11) is 1.88. The molecule has 2 aliphatic rings. The summed E-state index contributed by atoms with van der Waals surface area (Å²) in [5.74, 6) is 2.16. The first-order valence-electron chi connectivity index (χ1n) is 11.4. The molecule has 1 aliphatic heterocycles.